The fourth-order valence-corrected chi connectivity index (χ4v) is 2.83. The van der Waals surface area contributed by atoms with Crippen LogP contribution in [-0.4, -0.2) is 50.3 Å². The molecule has 0 unspecified atom stereocenters. The smallest absolute Gasteiger partial charge is 0.371 e. The molecule has 20 heavy (non-hydrogen) atoms. The van der Waals surface area contributed by atoms with E-state index in [-0.39, 0.29) is 29.5 Å². The van der Waals surface area contributed by atoms with Crippen molar-refractivity contribution >= 4 is 21.9 Å². The molecule has 0 fully saturated rings. The Labute approximate surface area is 116 Å². The van der Waals surface area contributed by atoms with E-state index in [0.29, 0.717) is 0 Å². The molecule has 0 radical (unpaired) electrons. The number of hydrogen-bond donors (Lipinski definition) is 2. The van der Waals surface area contributed by atoms with Gasteiger partial charge in [-0.1, -0.05) is 0 Å². The Morgan fingerprint density at radius 1 is 1.45 bits per heavy atom. The monoisotopic (exact) mass is 304 g/mol. The minimum Gasteiger partial charge on any atom is -0.475 e. The van der Waals surface area contributed by atoms with Crippen molar-refractivity contribution in [3.05, 3.63) is 17.6 Å². The summed E-state index contributed by atoms with van der Waals surface area (Å²) in [4.78, 5) is 21.7. The summed E-state index contributed by atoms with van der Waals surface area (Å²) in [6.45, 7) is 1.35. The Balaban J connectivity index is 2.98. The molecule has 2 N–H and O–H groups in total. The van der Waals surface area contributed by atoms with E-state index >= 15 is 0 Å². The van der Waals surface area contributed by atoms with E-state index in [4.69, 9.17) is 9.52 Å². The lowest BCUT2D eigenvalue weighted by Gasteiger charge is -2.15. The van der Waals surface area contributed by atoms with Crippen molar-refractivity contribution in [3.8, 4) is 0 Å². The van der Waals surface area contributed by atoms with Crippen LogP contribution in [0, 0.1) is 6.92 Å². The minimum atomic E-state index is -3.89. The molecule has 9 heteroatoms. The van der Waals surface area contributed by atoms with E-state index in [1.54, 1.807) is 0 Å². The number of amides is 1. The molecule has 1 amide bonds. The van der Waals surface area contributed by atoms with Gasteiger partial charge in [0.05, 0.1) is 0 Å². The van der Waals surface area contributed by atoms with E-state index < -0.39 is 21.8 Å². The quantitative estimate of drug-likeness (QED) is 0.766. The van der Waals surface area contributed by atoms with Crippen LogP contribution < -0.4 is 5.32 Å². The summed E-state index contributed by atoms with van der Waals surface area (Å²) in [6, 6.07) is 0.962. The van der Waals surface area contributed by atoms with Crippen molar-refractivity contribution in [2.75, 3.05) is 20.6 Å². The zero-order chi connectivity index (χ0) is 15.5. The molecule has 0 atom stereocenters. The van der Waals surface area contributed by atoms with Gasteiger partial charge in [0.25, 0.3) is 0 Å². The molecule has 0 saturated carbocycles. The highest BCUT2D eigenvalue weighted by atomic mass is 32.2. The second-order valence-corrected chi connectivity index (χ2v) is 6.10. The number of carbonyl (C=O) groups is 2. The third kappa shape index (κ3) is 3.36. The Morgan fingerprint density at radius 2 is 2.05 bits per heavy atom. The van der Waals surface area contributed by atoms with E-state index in [9.17, 15) is 18.0 Å². The van der Waals surface area contributed by atoms with Crippen LogP contribution in [0.1, 0.15) is 22.7 Å². The molecule has 0 aliphatic heterocycles. The maximum absolute atomic E-state index is 12.2. The molecule has 0 aromatic carbocycles. The van der Waals surface area contributed by atoms with Crippen molar-refractivity contribution in [3.63, 3.8) is 0 Å². The van der Waals surface area contributed by atoms with Gasteiger partial charge in [0.15, 0.2) is 0 Å². The SMILES string of the molecule is CNC(=O)CCN(C)S(=O)(=O)c1cc(C(=O)O)oc1C. The average Bonchev–Trinajstić information content (AvgIpc) is 2.78. The highest BCUT2D eigenvalue weighted by molar-refractivity contribution is 7.89. The molecule has 0 bridgehead atoms. The van der Waals surface area contributed by atoms with Crippen LogP contribution in [0.15, 0.2) is 15.4 Å². The summed E-state index contributed by atoms with van der Waals surface area (Å²) < 4.78 is 30.3. The van der Waals surface area contributed by atoms with Crippen LogP contribution in [-0.2, 0) is 14.8 Å². The number of rotatable bonds is 6. The minimum absolute atomic E-state index is 0.00538. The second kappa shape index (κ2) is 6.06. The summed E-state index contributed by atoms with van der Waals surface area (Å²) in [5.74, 6) is -2.08. The number of nitrogens with one attached hydrogen (secondary N) is 1. The normalized spacial score (nSPS) is 11.6. The first kappa shape index (κ1) is 16.2. The fraction of sp³-hybridized carbons (Fsp3) is 0.455. The molecule has 0 aliphatic rings. The zero-order valence-electron chi connectivity index (χ0n) is 11.3. The van der Waals surface area contributed by atoms with Crippen molar-refractivity contribution < 1.29 is 27.5 Å². The number of carboxylic acid groups (broad SMARTS) is 1. The average molecular weight is 304 g/mol. The summed E-state index contributed by atoms with van der Waals surface area (Å²) in [7, 11) is -1.12. The van der Waals surface area contributed by atoms with Gasteiger partial charge < -0.3 is 14.8 Å². The van der Waals surface area contributed by atoms with Crippen LogP contribution in [0.4, 0.5) is 0 Å². The zero-order valence-corrected chi connectivity index (χ0v) is 12.2. The van der Waals surface area contributed by atoms with Crippen LogP contribution in [0.2, 0.25) is 0 Å². The van der Waals surface area contributed by atoms with Crippen molar-refractivity contribution in [1.29, 1.82) is 0 Å². The predicted molar refractivity (Wildman–Crippen MR) is 68.9 cm³/mol. The predicted octanol–water partition coefficient (Wildman–Crippen LogP) is 0.0428. The Morgan fingerprint density at radius 3 is 2.50 bits per heavy atom. The lowest BCUT2D eigenvalue weighted by atomic mass is 10.4. The number of hydrogen-bond acceptors (Lipinski definition) is 5. The highest BCUT2D eigenvalue weighted by Gasteiger charge is 2.27. The maximum atomic E-state index is 12.2. The number of aryl methyl sites for hydroxylation is 1. The molecular formula is C11H16N2O6S. The van der Waals surface area contributed by atoms with Crippen molar-refractivity contribution in [1.82, 2.24) is 9.62 Å². The van der Waals surface area contributed by atoms with Crippen LogP contribution in [0.3, 0.4) is 0 Å². The molecule has 0 spiro atoms. The first-order valence-electron chi connectivity index (χ1n) is 5.70. The molecule has 0 saturated heterocycles. The van der Waals surface area contributed by atoms with Crippen molar-refractivity contribution in [2.45, 2.75) is 18.2 Å². The Hall–Kier alpha value is -1.87. The summed E-state index contributed by atoms with van der Waals surface area (Å²) in [5.41, 5.74) is 0. The number of furan rings is 1. The molecule has 1 rings (SSSR count). The lowest BCUT2D eigenvalue weighted by molar-refractivity contribution is -0.120. The molecule has 1 heterocycles. The van der Waals surface area contributed by atoms with Crippen molar-refractivity contribution in [2.24, 2.45) is 0 Å². The van der Waals surface area contributed by atoms with Gasteiger partial charge >= 0.3 is 5.97 Å². The first-order valence-corrected chi connectivity index (χ1v) is 7.14. The van der Waals surface area contributed by atoms with Crippen LogP contribution in [0.25, 0.3) is 0 Å². The molecular weight excluding hydrogens is 288 g/mol. The molecule has 1 aromatic rings. The van der Waals surface area contributed by atoms with Gasteiger partial charge in [0.2, 0.25) is 21.7 Å². The van der Waals surface area contributed by atoms with E-state index in [2.05, 4.69) is 5.32 Å². The lowest BCUT2D eigenvalue weighted by Crippen LogP contribution is -2.31. The fourth-order valence-electron chi connectivity index (χ4n) is 1.50. The van der Waals surface area contributed by atoms with Crippen LogP contribution >= 0.6 is 0 Å². The molecule has 8 nitrogen and oxygen atoms in total. The first-order chi connectivity index (χ1) is 9.20. The standard InChI is InChI=1S/C11H16N2O6S/c1-7-9(6-8(19-7)11(15)16)20(17,18)13(3)5-4-10(14)12-2/h6H,4-5H2,1-3H3,(H,12,14)(H,15,16). The summed E-state index contributed by atoms with van der Waals surface area (Å²) in [6.07, 6.45) is 0.00885. The number of aromatic carboxylic acids is 1. The molecule has 1 aromatic heterocycles. The largest absolute Gasteiger partial charge is 0.475 e. The Bertz CT molecular complexity index is 619. The van der Waals surface area contributed by atoms with Gasteiger partial charge in [-0.15, -0.1) is 0 Å². The van der Waals surface area contributed by atoms with Gasteiger partial charge in [-0.3, -0.25) is 4.79 Å². The number of sulfonamides is 1. The van der Waals surface area contributed by atoms with Gasteiger partial charge in [-0.2, -0.15) is 0 Å². The number of carboxylic acids is 1. The maximum Gasteiger partial charge on any atom is 0.371 e. The van der Waals surface area contributed by atoms with Crippen LogP contribution in [0.5, 0.6) is 0 Å². The van der Waals surface area contributed by atoms with Gasteiger partial charge in [-0.25, -0.2) is 17.5 Å². The molecule has 0 aliphatic carbocycles. The second-order valence-electron chi connectivity index (χ2n) is 4.09. The van der Waals surface area contributed by atoms with E-state index in [1.165, 1.54) is 21.0 Å². The number of carbonyl (C=O) groups excluding carboxylic acids is 1. The van der Waals surface area contributed by atoms with Gasteiger partial charge in [0, 0.05) is 33.1 Å². The highest BCUT2D eigenvalue weighted by Crippen LogP contribution is 2.23. The Kier molecular flexibility index (Phi) is 4.90. The topological polar surface area (TPSA) is 117 Å². The number of nitrogens with zero attached hydrogens (tertiary/aromatic N) is 1. The van der Waals surface area contributed by atoms with E-state index in [0.717, 1.165) is 10.4 Å². The third-order valence-electron chi connectivity index (χ3n) is 2.70. The van der Waals surface area contributed by atoms with Gasteiger partial charge in [0.1, 0.15) is 10.7 Å². The summed E-state index contributed by atoms with van der Waals surface area (Å²) >= 11 is 0. The third-order valence-corrected chi connectivity index (χ3v) is 4.67. The molecule has 112 valence electrons. The van der Waals surface area contributed by atoms with E-state index in [1.807, 2.05) is 0 Å². The van der Waals surface area contributed by atoms with Gasteiger partial charge in [-0.05, 0) is 6.92 Å². The summed E-state index contributed by atoms with van der Waals surface area (Å²) in [5, 5.41) is 11.2.